The molecule has 0 atom stereocenters. The van der Waals surface area contributed by atoms with Gasteiger partial charge in [0.15, 0.2) is 0 Å². The number of rotatable bonds is 7. The van der Waals surface area contributed by atoms with E-state index in [1.54, 1.807) is 17.0 Å². The van der Waals surface area contributed by atoms with Crippen molar-refractivity contribution in [2.24, 2.45) is 0 Å². The third-order valence-electron chi connectivity index (χ3n) is 5.90. The molecule has 0 aromatic heterocycles. The Balaban J connectivity index is 2.15. The highest BCUT2D eigenvalue weighted by atomic mass is 19.4. The normalized spacial score (nSPS) is 13.9. The molecule has 0 saturated heterocycles. The third-order valence-corrected chi connectivity index (χ3v) is 5.90. The zero-order valence-electron chi connectivity index (χ0n) is 18.3. The number of hydrogen-bond acceptors (Lipinski definition) is 4. The molecule has 0 unspecified atom stereocenters. The minimum Gasteiger partial charge on any atom is -0.496 e. The number of benzene rings is 2. The van der Waals surface area contributed by atoms with Crippen molar-refractivity contribution >= 4 is 11.9 Å². The Kier molecular flexibility index (Phi) is 7.11. The Hall–Kier alpha value is -3.03. The van der Waals surface area contributed by atoms with Gasteiger partial charge in [-0.15, -0.1) is 0 Å². The summed E-state index contributed by atoms with van der Waals surface area (Å²) in [5.74, 6) is -0.0989. The van der Waals surface area contributed by atoms with E-state index in [1.165, 1.54) is 33.3 Å². The van der Waals surface area contributed by atoms with Gasteiger partial charge in [-0.2, -0.15) is 13.2 Å². The van der Waals surface area contributed by atoms with Crippen LogP contribution in [0.4, 0.5) is 13.2 Å². The number of ether oxygens (including phenoxy) is 2. The van der Waals surface area contributed by atoms with Crippen LogP contribution in [-0.4, -0.2) is 37.0 Å². The molecule has 0 heterocycles. The van der Waals surface area contributed by atoms with Gasteiger partial charge in [-0.25, -0.2) is 0 Å². The molecule has 1 aliphatic carbocycles. The lowest BCUT2D eigenvalue weighted by molar-refractivity contribution is -0.140. The van der Waals surface area contributed by atoms with Crippen molar-refractivity contribution in [2.45, 2.75) is 51.4 Å². The molecule has 3 rings (SSSR count). The van der Waals surface area contributed by atoms with Gasteiger partial charge in [0.05, 0.1) is 26.2 Å². The number of halogens is 3. The van der Waals surface area contributed by atoms with E-state index in [0.717, 1.165) is 31.4 Å². The molecule has 172 valence electrons. The van der Waals surface area contributed by atoms with Gasteiger partial charge in [0, 0.05) is 25.1 Å². The van der Waals surface area contributed by atoms with Crippen LogP contribution in [0.3, 0.4) is 0 Å². The molecule has 1 saturated carbocycles. The van der Waals surface area contributed by atoms with Crippen LogP contribution in [0.25, 0.3) is 11.1 Å². The molecule has 1 amide bonds. The fourth-order valence-electron chi connectivity index (χ4n) is 3.92. The second-order valence-electron chi connectivity index (χ2n) is 7.84. The molecule has 8 heteroatoms. The Morgan fingerprint density at radius 3 is 2.19 bits per heavy atom. The summed E-state index contributed by atoms with van der Waals surface area (Å²) in [6.07, 6.45) is -1.65. The van der Waals surface area contributed by atoms with Crippen LogP contribution in [0, 0.1) is 0 Å². The van der Waals surface area contributed by atoms with Crippen LogP contribution in [0.15, 0.2) is 36.4 Å². The average molecular weight is 449 g/mol. The smallest absolute Gasteiger partial charge is 0.416 e. The Bertz CT molecular complexity index is 982. The van der Waals surface area contributed by atoms with Gasteiger partial charge >= 0.3 is 12.1 Å². The van der Waals surface area contributed by atoms with Crippen molar-refractivity contribution in [1.82, 2.24) is 4.90 Å². The zero-order chi connectivity index (χ0) is 23.5. The summed E-state index contributed by atoms with van der Waals surface area (Å²) in [4.78, 5) is 26.2. The molecule has 32 heavy (non-hydrogen) atoms. The summed E-state index contributed by atoms with van der Waals surface area (Å²) >= 11 is 0. The largest absolute Gasteiger partial charge is 0.496 e. The fraction of sp³-hybridized carbons (Fsp3) is 0.417. The molecule has 0 N–H and O–H groups in total. The summed E-state index contributed by atoms with van der Waals surface area (Å²) < 4.78 is 49.6. The molecule has 5 nitrogen and oxygen atoms in total. The zero-order valence-corrected chi connectivity index (χ0v) is 18.3. The lowest BCUT2D eigenvalue weighted by atomic mass is 9.88. The second-order valence-corrected chi connectivity index (χ2v) is 7.84. The van der Waals surface area contributed by atoms with Gasteiger partial charge in [0.1, 0.15) is 5.75 Å². The summed E-state index contributed by atoms with van der Waals surface area (Å²) in [5, 5.41) is 0. The van der Waals surface area contributed by atoms with E-state index >= 15 is 0 Å². The molecule has 2 aromatic carbocycles. The SMILES string of the molecule is COC(=O)Cc1ccc(OC)c(-c2ccc(C(F)(F)F)cc2)c1CN(C(C)=O)C1CCC1. The van der Waals surface area contributed by atoms with Crippen LogP contribution >= 0.6 is 0 Å². The van der Waals surface area contributed by atoms with E-state index < -0.39 is 17.7 Å². The number of methoxy groups -OCH3 is 2. The number of nitrogens with zero attached hydrogens (tertiary/aromatic N) is 1. The first-order chi connectivity index (χ1) is 15.2. The first-order valence-corrected chi connectivity index (χ1v) is 10.4. The van der Waals surface area contributed by atoms with E-state index in [9.17, 15) is 22.8 Å². The van der Waals surface area contributed by atoms with Crippen molar-refractivity contribution in [3.63, 3.8) is 0 Å². The molecule has 2 aromatic rings. The molecule has 0 radical (unpaired) electrons. The van der Waals surface area contributed by atoms with Crippen LogP contribution in [0.1, 0.15) is 42.9 Å². The highest BCUT2D eigenvalue weighted by molar-refractivity contribution is 5.80. The fourth-order valence-corrected chi connectivity index (χ4v) is 3.92. The number of carbonyl (C=O) groups excluding carboxylic acids is 2. The maximum absolute atomic E-state index is 13.1. The Morgan fingerprint density at radius 2 is 1.72 bits per heavy atom. The predicted molar refractivity (Wildman–Crippen MR) is 113 cm³/mol. The quantitative estimate of drug-likeness (QED) is 0.559. The highest BCUT2D eigenvalue weighted by Gasteiger charge is 2.31. The summed E-state index contributed by atoms with van der Waals surface area (Å²) in [5.41, 5.74) is 1.61. The minimum atomic E-state index is -4.45. The summed E-state index contributed by atoms with van der Waals surface area (Å²) in [6.45, 7) is 1.72. The minimum absolute atomic E-state index is 0.0279. The van der Waals surface area contributed by atoms with Crippen molar-refractivity contribution in [1.29, 1.82) is 0 Å². The van der Waals surface area contributed by atoms with Crippen molar-refractivity contribution < 1.29 is 32.2 Å². The lowest BCUT2D eigenvalue weighted by Crippen LogP contribution is -2.42. The van der Waals surface area contributed by atoms with Gasteiger partial charge in [-0.3, -0.25) is 9.59 Å². The number of hydrogen-bond donors (Lipinski definition) is 0. The maximum Gasteiger partial charge on any atom is 0.416 e. The van der Waals surface area contributed by atoms with Gasteiger partial charge in [-0.1, -0.05) is 18.2 Å². The van der Waals surface area contributed by atoms with Gasteiger partial charge in [-0.05, 0) is 54.2 Å². The molecular formula is C24H26F3NO4. The van der Waals surface area contributed by atoms with Gasteiger partial charge < -0.3 is 14.4 Å². The topological polar surface area (TPSA) is 55.8 Å². The lowest BCUT2D eigenvalue weighted by Gasteiger charge is -2.38. The van der Waals surface area contributed by atoms with Crippen molar-refractivity contribution in [3.05, 3.63) is 53.1 Å². The summed E-state index contributed by atoms with van der Waals surface area (Å²) in [6, 6.07) is 8.31. The van der Waals surface area contributed by atoms with Crippen LogP contribution in [0.2, 0.25) is 0 Å². The third kappa shape index (κ3) is 5.06. The Labute approximate surface area is 185 Å². The number of alkyl halides is 3. The standard InChI is InChI=1S/C24H26F3NO4/c1-15(29)28(19-5-4-6-19)14-20-17(13-22(30)32-3)9-12-21(31-2)23(20)16-7-10-18(11-8-16)24(25,26)27/h7-12,19H,4-6,13-14H2,1-3H3. The number of esters is 1. The number of amides is 1. The average Bonchev–Trinajstić information content (AvgIpc) is 2.71. The summed E-state index contributed by atoms with van der Waals surface area (Å²) in [7, 11) is 2.76. The highest BCUT2D eigenvalue weighted by Crippen LogP contribution is 2.39. The molecule has 0 bridgehead atoms. The van der Waals surface area contributed by atoms with Crippen LogP contribution < -0.4 is 4.74 Å². The van der Waals surface area contributed by atoms with E-state index in [4.69, 9.17) is 9.47 Å². The van der Waals surface area contributed by atoms with Crippen molar-refractivity contribution in [3.8, 4) is 16.9 Å². The molecule has 1 fully saturated rings. The van der Waals surface area contributed by atoms with E-state index in [-0.39, 0.29) is 24.9 Å². The van der Waals surface area contributed by atoms with Crippen molar-refractivity contribution in [2.75, 3.05) is 14.2 Å². The van der Waals surface area contributed by atoms with E-state index in [0.29, 0.717) is 28.0 Å². The second kappa shape index (κ2) is 9.63. The van der Waals surface area contributed by atoms with Crippen LogP contribution in [0.5, 0.6) is 5.75 Å². The van der Waals surface area contributed by atoms with E-state index in [2.05, 4.69) is 0 Å². The van der Waals surface area contributed by atoms with E-state index in [1.807, 2.05) is 0 Å². The van der Waals surface area contributed by atoms with Gasteiger partial charge in [0.25, 0.3) is 0 Å². The van der Waals surface area contributed by atoms with Gasteiger partial charge in [0.2, 0.25) is 5.91 Å². The molecule has 1 aliphatic rings. The number of carbonyl (C=O) groups is 2. The maximum atomic E-state index is 13.1. The first-order valence-electron chi connectivity index (χ1n) is 10.4. The predicted octanol–water partition coefficient (Wildman–Crippen LogP) is 5.00. The monoisotopic (exact) mass is 449 g/mol. The molecule has 0 aliphatic heterocycles. The first kappa shape index (κ1) is 23.6. The molecule has 0 spiro atoms. The Morgan fingerprint density at radius 1 is 1.06 bits per heavy atom. The molecular weight excluding hydrogens is 423 g/mol. The van der Waals surface area contributed by atoms with Crippen LogP contribution in [-0.2, 0) is 33.5 Å².